The summed E-state index contributed by atoms with van der Waals surface area (Å²) < 4.78 is 6.13. The van der Waals surface area contributed by atoms with Crippen LogP contribution < -0.4 is 0 Å². The summed E-state index contributed by atoms with van der Waals surface area (Å²) in [6.07, 6.45) is 49.0. The van der Waals surface area contributed by atoms with Gasteiger partial charge in [0.05, 0.1) is 5.60 Å². The number of hydrogen-bond donors (Lipinski definition) is 0. The second kappa shape index (κ2) is 33.7. The molecule has 0 aliphatic rings. The lowest BCUT2D eigenvalue weighted by atomic mass is 9.91. The lowest BCUT2D eigenvalue weighted by molar-refractivity contribution is 0.0744. The Morgan fingerprint density at radius 3 is 0.675 bits per heavy atom. The van der Waals surface area contributed by atoms with E-state index in [1.54, 1.807) is 0 Å². The first-order valence-corrected chi connectivity index (χ1v) is 20.1. The molecule has 0 atom stereocenters. The average Bonchev–Trinajstić information content (AvgIpc) is 2.96. The fourth-order valence-electron chi connectivity index (χ4n) is 6.42. The molecular formula is C38H80OSi. The van der Waals surface area contributed by atoms with E-state index in [-0.39, 0.29) is 5.60 Å². The van der Waals surface area contributed by atoms with Crippen LogP contribution in [-0.2, 0) is 4.43 Å². The van der Waals surface area contributed by atoms with E-state index in [1.807, 2.05) is 0 Å². The van der Waals surface area contributed by atoms with E-state index in [4.69, 9.17) is 4.43 Å². The number of hydrogen-bond acceptors (Lipinski definition) is 1. The van der Waals surface area contributed by atoms with Gasteiger partial charge in [0.15, 0.2) is 0 Å². The summed E-state index contributed by atoms with van der Waals surface area (Å²) in [6, 6.07) is 0. The highest BCUT2D eigenvalue weighted by Gasteiger charge is 2.21. The van der Waals surface area contributed by atoms with Crippen molar-refractivity contribution >= 4 is 10.5 Å². The highest BCUT2D eigenvalue weighted by molar-refractivity contribution is 5.98. The van der Waals surface area contributed by atoms with Gasteiger partial charge in [-0.2, -0.15) is 0 Å². The monoisotopic (exact) mass is 581 g/mol. The van der Waals surface area contributed by atoms with Gasteiger partial charge in [0.1, 0.15) is 10.5 Å². The van der Waals surface area contributed by atoms with Crippen LogP contribution in [0.1, 0.15) is 239 Å². The minimum atomic E-state index is 0.179. The molecule has 0 aliphatic heterocycles. The largest absolute Gasteiger partial charge is 0.423 e. The molecule has 0 amide bonds. The van der Waals surface area contributed by atoms with Crippen LogP contribution >= 0.6 is 0 Å². The molecule has 0 bridgehead atoms. The highest BCUT2D eigenvalue weighted by atomic mass is 28.2. The van der Waals surface area contributed by atoms with Crippen LogP contribution in [0.25, 0.3) is 0 Å². The second-order valence-corrected chi connectivity index (χ2v) is 14.2. The summed E-state index contributed by atoms with van der Waals surface area (Å²) >= 11 is 0. The van der Waals surface area contributed by atoms with Crippen molar-refractivity contribution in [1.29, 1.82) is 0 Å². The maximum atomic E-state index is 6.13. The van der Waals surface area contributed by atoms with Crippen LogP contribution in [0, 0.1) is 0 Å². The van der Waals surface area contributed by atoms with Crippen molar-refractivity contribution in [2.24, 2.45) is 0 Å². The molecule has 0 fully saturated rings. The fraction of sp³-hybridized carbons (Fsp3) is 1.00. The molecule has 0 rings (SSSR count). The average molecular weight is 581 g/mol. The summed E-state index contributed by atoms with van der Waals surface area (Å²) in [5.41, 5.74) is 0.179. The summed E-state index contributed by atoms with van der Waals surface area (Å²) in [6.45, 7) is 7.01. The standard InChI is InChI=1S/C38H80OSi/c1-4-6-8-10-12-14-16-18-20-22-24-26-28-30-32-34-36-38(3,39-40)37-35-33-31-29-27-25-23-21-19-17-15-13-11-9-7-5-2/h4-37H2,1-3,40H3. The van der Waals surface area contributed by atoms with Crippen LogP contribution in [0.2, 0.25) is 0 Å². The molecule has 0 N–H and O–H groups in total. The van der Waals surface area contributed by atoms with Crippen molar-refractivity contribution in [3.63, 3.8) is 0 Å². The zero-order chi connectivity index (χ0) is 29.2. The zero-order valence-electron chi connectivity index (χ0n) is 28.9. The third-order valence-electron chi connectivity index (χ3n) is 9.61. The quantitative estimate of drug-likeness (QED) is 0.0535. The van der Waals surface area contributed by atoms with E-state index in [9.17, 15) is 0 Å². The van der Waals surface area contributed by atoms with Gasteiger partial charge in [-0.05, 0) is 19.8 Å². The summed E-state index contributed by atoms with van der Waals surface area (Å²) in [4.78, 5) is 0. The zero-order valence-corrected chi connectivity index (χ0v) is 30.9. The SMILES string of the molecule is CCCCCCCCCCCCCCCCCCC(C)(CCCCCCCCCCCCCCCCCC)O[SiH3]. The van der Waals surface area contributed by atoms with Crippen LogP contribution in [0.15, 0.2) is 0 Å². The van der Waals surface area contributed by atoms with Crippen molar-refractivity contribution in [3.05, 3.63) is 0 Å². The first kappa shape index (κ1) is 40.2. The Morgan fingerprint density at radius 1 is 0.325 bits per heavy atom. The van der Waals surface area contributed by atoms with Crippen LogP contribution in [-0.4, -0.2) is 16.1 Å². The van der Waals surface area contributed by atoms with Gasteiger partial charge in [-0.15, -0.1) is 0 Å². The first-order chi connectivity index (χ1) is 19.7. The van der Waals surface area contributed by atoms with Crippen molar-refractivity contribution < 1.29 is 4.43 Å². The minimum Gasteiger partial charge on any atom is -0.423 e. The molecule has 0 saturated heterocycles. The van der Waals surface area contributed by atoms with Crippen LogP contribution in [0.5, 0.6) is 0 Å². The number of unbranched alkanes of at least 4 members (excludes halogenated alkanes) is 30. The lowest BCUT2D eigenvalue weighted by Gasteiger charge is -2.29. The van der Waals surface area contributed by atoms with E-state index < -0.39 is 0 Å². The third-order valence-corrected chi connectivity index (χ3v) is 10.6. The lowest BCUT2D eigenvalue weighted by Crippen LogP contribution is -2.27. The van der Waals surface area contributed by atoms with E-state index in [0.717, 1.165) is 10.5 Å². The topological polar surface area (TPSA) is 9.23 Å². The third kappa shape index (κ3) is 31.1. The molecule has 1 nitrogen and oxygen atoms in total. The Morgan fingerprint density at radius 2 is 0.500 bits per heavy atom. The van der Waals surface area contributed by atoms with Gasteiger partial charge in [-0.25, -0.2) is 0 Å². The molecule has 0 saturated carbocycles. The first-order valence-electron chi connectivity index (χ1n) is 19.2. The van der Waals surface area contributed by atoms with Crippen molar-refractivity contribution in [2.75, 3.05) is 0 Å². The predicted molar refractivity (Wildman–Crippen MR) is 188 cm³/mol. The van der Waals surface area contributed by atoms with Gasteiger partial charge in [-0.1, -0.05) is 219 Å². The minimum absolute atomic E-state index is 0.179. The van der Waals surface area contributed by atoms with Crippen molar-refractivity contribution in [2.45, 2.75) is 245 Å². The smallest absolute Gasteiger partial charge is 0.146 e. The highest BCUT2D eigenvalue weighted by Crippen LogP contribution is 2.26. The van der Waals surface area contributed by atoms with Crippen LogP contribution in [0.3, 0.4) is 0 Å². The molecule has 2 heteroatoms. The Balaban J connectivity index is 3.38. The van der Waals surface area contributed by atoms with Gasteiger partial charge in [0, 0.05) is 0 Å². The Hall–Kier alpha value is 0.177. The predicted octanol–water partition coefficient (Wildman–Crippen LogP) is 13.3. The van der Waals surface area contributed by atoms with Gasteiger partial charge in [0.25, 0.3) is 0 Å². The fourth-order valence-corrected chi connectivity index (χ4v) is 6.83. The van der Waals surface area contributed by atoms with Gasteiger partial charge in [-0.3, -0.25) is 0 Å². The molecule has 0 aromatic rings. The van der Waals surface area contributed by atoms with Gasteiger partial charge >= 0.3 is 0 Å². The van der Waals surface area contributed by atoms with Crippen LogP contribution in [0.4, 0.5) is 0 Å². The molecular weight excluding hydrogens is 501 g/mol. The summed E-state index contributed by atoms with van der Waals surface area (Å²) in [7, 11) is 0.889. The molecule has 0 unspecified atom stereocenters. The molecule has 0 radical (unpaired) electrons. The number of rotatable bonds is 35. The van der Waals surface area contributed by atoms with E-state index >= 15 is 0 Å². The summed E-state index contributed by atoms with van der Waals surface area (Å²) in [5.74, 6) is 0. The van der Waals surface area contributed by atoms with Gasteiger partial charge < -0.3 is 4.43 Å². The Labute approximate surface area is 259 Å². The molecule has 0 heterocycles. The maximum absolute atomic E-state index is 6.13. The molecule has 0 aliphatic carbocycles. The molecule has 0 aromatic heterocycles. The Bertz CT molecular complexity index is 415. The van der Waals surface area contributed by atoms with E-state index in [0.29, 0.717) is 0 Å². The molecule has 0 aromatic carbocycles. The molecule has 40 heavy (non-hydrogen) atoms. The molecule has 0 spiro atoms. The van der Waals surface area contributed by atoms with E-state index in [2.05, 4.69) is 20.8 Å². The summed E-state index contributed by atoms with van der Waals surface area (Å²) in [5, 5.41) is 0. The van der Waals surface area contributed by atoms with Crippen molar-refractivity contribution in [1.82, 2.24) is 0 Å². The van der Waals surface area contributed by atoms with Gasteiger partial charge in [0.2, 0.25) is 0 Å². The molecule has 242 valence electrons. The van der Waals surface area contributed by atoms with Crippen molar-refractivity contribution in [3.8, 4) is 0 Å². The Kier molecular flexibility index (Phi) is 33.8. The normalized spacial score (nSPS) is 12.1. The van der Waals surface area contributed by atoms with E-state index in [1.165, 1.54) is 218 Å². The maximum Gasteiger partial charge on any atom is 0.146 e. The second-order valence-electron chi connectivity index (χ2n) is 13.8.